The van der Waals surface area contributed by atoms with Gasteiger partial charge in [-0.1, -0.05) is 31.2 Å². The van der Waals surface area contributed by atoms with Gasteiger partial charge in [0.1, 0.15) is 11.4 Å². The van der Waals surface area contributed by atoms with E-state index in [4.69, 9.17) is 0 Å². The predicted molar refractivity (Wildman–Crippen MR) is 108 cm³/mol. The lowest BCUT2D eigenvalue weighted by Gasteiger charge is -2.30. The Balaban J connectivity index is 1.54. The van der Waals surface area contributed by atoms with E-state index in [0.29, 0.717) is 22.8 Å². The Hall–Kier alpha value is -3.28. The molecule has 1 saturated heterocycles. The van der Waals surface area contributed by atoms with E-state index in [1.165, 1.54) is 0 Å². The van der Waals surface area contributed by atoms with Gasteiger partial charge < -0.3 is 10.2 Å². The summed E-state index contributed by atoms with van der Waals surface area (Å²) in [4.78, 5) is 35.9. The second kappa shape index (κ2) is 7.76. The number of aromatic nitrogens is 2. The molecular weight excluding hydrogens is 352 g/mol. The minimum absolute atomic E-state index is 0.117. The minimum Gasteiger partial charge on any atom is -0.337 e. The van der Waals surface area contributed by atoms with E-state index in [1.807, 2.05) is 29.2 Å². The molecule has 1 aliphatic rings. The minimum atomic E-state index is -0.361. The number of benzene rings is 1. The first-order valence-electron chi connectivity index (χ1n) is 9.53. The highest BCUT2D eigenvalue weighted by Crippen LogP contribution is 2.21. The van der Waals surface area contributed by atoms with Crippen molar-refractivity contribution in [3.05, 3.63) is 66.1 Å². The van der Waals surface area contributed by atoms with Crippen molar-refractivity contribution < 1.29 is 9.59 Å². The normalized spacial score (nSPS) is 14.8. The van der Waals surface area contributed by atoms with Crippen molar-refractivity contribution in [2.75, 3.05) is 18.4 Å². The van der Waals surface area contributed by atoms with Crippen molar-refractivity contribution in [2.45, 2.75) is 19.8 Å². The molecule has 6 heteroatoms. The van der Waals surface area contributed by atoms with Gasteiger partial charge in [-0.25, -0.2) is 4.98 Å². The number of hydrogen-bond donors (Lipinski definition) is 1. The SMILES string of the molecule is CC1CCN(C(=O)c2cccc(C(=O)Nc3cccc4cccnc34)n2)CC1. The highest BCUT2D eigenvalue weighted by atomic mass is 16.2. The highest BCUT2D eigenvalue weighted by Gasteiger charge is 2.23. The number of hydrogen-bond acceptors (Lipinski definition) is 4. The molecule has 6 nitrogen and oxygen atoms in total. The van der Waals surface area contributed by atoms with Crippen LogP contribution in [-0.2, 0) is 0 Å². The largest absolute Gasteiger partial charge is 0.337 e. The van der Waals surface area contributed by atoms with E-state index < -0.39 is 0 Å². The summed E-state index contributed by atoms with van der Waals surface area (Å²) in [5.41, 5.74) is 1.85. The standard InChI is InChI=1S/C22H22N4O2/c1-15-10-13-26(14-11-15)22(28)19-9-3-8-18(24-19)21(27)25-17-7-2-5-16-6-4-12-23-20(16)17/h2-9,12,15H,10-11,13-14H2,1H3,(H,25,27). The number of fused-ring (bicyclic) bond motifs is 1. The zero-order chi connectivity index (χ0) is 19.5. The number of anilines is 1. The van der Waals surface area contributed by atoms with E-state index in [2.05, 4.69) is 22.2 Å². The Morgan fingerprint density at radius 2 is 1.71 bits per heavy atom. The average molecular weight is 374 g/mol. The van der Waals surface area contributed by atoms with Crippen molar-refractivity contribution in [3.8, 4) is 0 Å². The Bertz CT molecular complexity index is 1020. The Labute approximate surface area is 163 Å². The van der Waals surface area contributed by atoms with Crippen molar-refractivity contribution in [2.24, 2.45) is 5.92 Å². The summed E-state index contributed by atoms with van der Waals surface area (Å²) in [5, 5.41) is 3.81. The number of amides is 2. The highest BCUT2D eigenvalue weighted by molar-refractivity contribution is 6.07. The van der Waals surface area contributed by atoms with Crippen LogP contribution >= 0.6 is 0 Å². The summed E-state index contributed by atoms with van der Waals surface area (Å²) in [5.74, 6) is 0.164. The maximum Gasteiger partial charge on any atom is 0.274 e. The van der Waals surface area contributed by atoms with Crippen LogP contribution in [0.3, 0.4) is 0 Å². The van der Waals surface area contributed by atoms with Crippen LogP contribution in [0.4, 0.5) is 5.69 Å². The molecule has 1 fully saturated rings. The quantitative estimate of drug-likeness (QED) is 0.757. The average Bonchev–Trinajstić information content (AvgIpc) is 2.74. The van der Waals surface area contributed by atoms with Crippen LogP contribution in [0, 0.1) is 5.92 Å². The molecule has 0 saturated carbocycles. The summed E-state index contributed by atoms with van der Waals surface area (Å²) < 4.78 is 0. The van der Waals surface area contributed by atoms with Gasteiger partial charge in [-0.3, -0.25) is 14.6 Å². The molecule has 1 N–H and O–H groups in total. The number of piperidine rings is 1. The molecular formula is C22H22N4O2. The second-order valence-corrected chi connectivity index (χ2v) is 7.22. The molecule has 0 radical (unpaired) electrons. The van der Waals surface area contributed by atoms with Crippen LogP contribution in [0.25, 0.3) is 10.9 Å². The molecule has 0 spiro atoms. The summed E-state index contributed by atoms with van der Waals surface area (Å²) >= 11 is 0. The van der Waals surface area contributed by atoms with E-state index in [-0.39, 0.29) is 17.5 Å². The molecule has 3 aromatic rings. The van der Waals surface area contributed by atoms with Gasteiger partial charge in [0.25, 0.3) is 11.8 Å². The number of nitrogens with zero attached hydrogens (tertiary/aromatic N) is 3. The van der Waals surface area contributed by atoms with Gasteiger partial charge in [0.05, 0.1) is 11.2 Å². The van der Waals surface area contributed by atoms with Gasteiger partial charge in [0.15, 0.2) is 0 Å². The van der Waals surface area contributed by atoms with Crippen LogP contribution in [0.15, 0.2) is 54.7 Å². The Morgan fingerprint density at radius 3 is 2.54 bits per heavy atom. The number of pyridine rings is 2. The van der Waals surface area contributed by atoms with Gasteiger partial charge in [0, 0.05) is 24.7 Å². The summed E-state index contributed by atoms with van der Waals surface area (Å²) in [6, 6.07) is 14.4. The third-order valence-corrected chi connectivity index (χ3v) is 5.15. The Morgan fingerprint density at radius 1 is 1.00 bits per heavy atom. The number of para-hydroxylation sites is 1. The van der Waals surface area contributed by atoms with Gasteiger partial charge in [-0.15, -0.1) is 0 Å². The topological polar surface area (TPSA) is 75.2 Å². The zero-order valence-electron chi connectivity index (χ0n) is 15.8. The van der Waals surface area contributed by atoms with Crippen molar-refractivity contribution in [1.29, 1.82) is 0 Å². The molecule has 4 rings (SSSR count). The molecule has 0 aliphatic carbocycles. The van der Waals surface area contributed by atoms with Gasteiger partial charge in [-0.05, 0) is 43.0 Å². The number of nitrogens with one attached hydrogen (secondary N) is 1. The third-order valence-electron chi connectivity index (χ3n) is 5.15. The fraction of sp³-hybridized carbons (Fsp3) is 0.273. The first kappa shape index (κ1) is 18.1. The monoisotopic (exact) mass is 374 g/mol. The summed E-state index contributed by atoms with van der Waals surface area (Å²) in [7, 11) is 0. The fourth-order valence-corrected chi connectivity index (χ4v) is 3.45. The molecule has 0 bridgehead atoms. The van der Waals surface area contributed by atoms with Crippen LogP contribution < -0.4 is 5.32 Å². The zero-order valence-corrected chi connectivity index (χ0v) is 15.8. The summed E-state index contributed by atoms with van der Waals surface area (Å²) in [6.07, 6.45) is 3.69. The van der Waals surface area contributed by atoms with Gasteiger partial charge >= 0.3 is 0 Å². The van der Waals surface area contributed by atoms with Crippen molar-refractivity contribution in [1.82, 2.24) is 14.9 Å². The molecule has 3 heterocycles. The van der Waals surface area contributed by atoms with Gasteiger partial charge in [-0.2, -0.15) is 0 Å². The van der Waals surface area contributed by atoms with Crippen LogP contribution in [-0.4, -0.2) is 39.8 Å². The molecule has 2 aromatic heterocycles. The summed E-state index contributed by atoms with van der Waals surface area (Å²) in [6.45, 7) is 3.67. The third kappa shape index (κ3) is 3.71. The first-order chi connectivity index (χ1) is 13.6. The number of likely N-dealkylation sites (tertiary alicyclic amines) is 1. The van der Waals surface area contributed by atoms with E-state index >= 15 is 0 Å². The number of carbonyl (C=O) groups excluding carboxylic acids is 2. The fourth-order valence-electron chi connectivity index (χ4n) is 3.45. The molecule has 2 amide bonds. The first-order valence-corrected chi connectivity index (χ1v) is 9.53. The van der Waals surface area contributed by atoms with Crippen molar-refractivity contribution in [3.63, 3.8) is 0 Å². The lowest BCUT2D eigenvalue weighted by Crippen LogP contribution is -2.38. The Kier molecular flexibility index (Phi) is 5.02. The van der Waals surface area contributed by atoms with E-state index in [0.717, 1.165) is 31.3 Å². The van der Waals surface area contributed by atoms with Crippen LogP contribution in [0.2, 0.25) is 0 Å². The molecule has 142 valence electrons. The molecule has 1 aliphatic heterocycles. The maximum atomic E-state index is 12.7. The lowest BCUT2D eigenvalue weighted by molar-refractivity contribution is 0.0691. The molecule has 1 aromatic carbocycles. The molecule has 0 unspecified atom stereocenters. The predicted octanol–water partition coefficient (Wildman–Crippen LogP) is 3.75. The molecule has 28 heavy (non-hydrogen) atoms. The smallest absolute Gasteiger partial charge is 0.274 e. The van der Waals surface area contributed by atoms with Crippen molar-refractivity contribution >= 4 is 28.4 Å². The lowest BCUT2D eigenvalue weighted by atomic mass is 9.99. The van der Waals surface area contributed by atoms with Crippen LogP contribution in [0.5, 0.6) is 0 Å². The molecule has 0 atom stereocenters. The second-order valence-electron chi connectivity index (χ2n) is 7.22. The van der Waals surface area contributed by atoms with Gasteiger partial charge in [0.2, 0.25) is 0 Å². The number of rotatable bonds is 3. The number of carbonyl (C=O) groups is 2. The van der Waals surface area contributed by atoms with E-state index in [1.54, 1.807) is 30.5 Å². The van der Waals surface area contributed by atoms with E-state index in [9.17, 15) is 9.59 Å². The van der Waals surface area contributed by atoms with Crippen LogP contribution in [0.1, 0.15) is 40.7 Å². The maximum absolute atomic E-state index is 12.7.